The quantitative estimate of drug-likeness (QED) is 0.697. The van der Waals surface area contributed by atoms with Crippen molar-refractivity contribution in [2.24, 2.45) is 0 Å². The topological polar surface area (TPSA) is 50.7 Å². The Bertz CT molecular complexity index is 551. The minimum absolute atomic E-state index is 0.191. The van der Waals surface area contributed by atoms with E-state index in [1.165, 1.54) is 0 Å². The third-order valence-corrected chi connectivity index (χ3v) is 3.25. The molecule has 4 nitrogen and oxygen atoms in total. The van der Waals surface area contributed by atoms with Crippen LogP contribution in [0.5, 0.6) is 11.5 Å². The van der Waals surface area contributed by atoms with Gasteiger partial charge in [0.2, 0.25) is 0 Å². The zero-order valence-electron chi connectivity index (χ0n) is 12.2. The number of aliphatic hydroxyl groups excluding tert-OH is 1. The molecule has 0 aliphatic carbocycles. The fourth-order valence-corrected chi connectivity index (χ4v) is 2.02. The summed E-state index contributed by atoms with van der Waals surface area (Å²) in [7, 11) is 0. The second-order valence-corrected chi connectivity index (χ2v) is 5.17. The third-order valence-electron chi connectivity index (χ3n) is 2.94. The summed E-state index contributed by atoms with van der Waals surface area (Å²) in [6.45, 7) is 1.82. The molecule has 5 heteroatoms. The first-order valence-electron chi connectivity index (χ1n) is 7.19. The Morgan fingerprint density at radius 3 is 2.50 bits per heavy atom. The van der Waals surface area contributed by atoms with E-state index in [0.29, 0.717) is 30.5 Å². The predicted molar refractivity (Wildman–Crippen MR) is 87.8 cm³/mol. The Balaban J connectivity index is 1.56. The highest BCUT2D eigenvalue weighted by Crippen LogP contribution is 2.22. The Kier molecular flexibility index (Phi) is 7.03. The summed E-state index contributed by atoms with van der Waals surface area (Å²) in [6, 6.07) is 16.8. The van der Waals surface area contributed by atoms with Gasteiger partial charge >= 0.3 is 0 Å². The molecule has 0 spiro atoms. The summed E-state index contributed by atoms with van der Waals surface area (Å²) >= 11 is 5.97. The molecule has 0 bridgehead atoms. The number of rotatable bonds is 9. The first kappa shape index (κ1) is 16.6. The van der Waals surface area contributed by atoms with Crippen molar-refractivity contribution in [2.45, 2.75) is 6.10 Å². The van der Waals surface area contributed by atoms with E-state index in [1.807, 2.05) is 42.5 Å². The summed E-state index contributed by atoms with van der Waals surface area (Å²) < 4.78 is 11.0. The average Bonchev–Trinajstić information content (AvgIpc) is 2.55. The van der Waals surface area contributed by atoms with Crippen LogP contribution in [0.3, 0.4) is 0 Å². The van der Waals surface area contributed by atoms with E-state index in [2.05, 4.69) is 5.32 Å². The third kappa shape index (κ3) is 5.93. The zero-order valence-corrected chi connectivity index (χ0v) is 13.0. The van der Waals surface area contributed by atoms with Gasteiger partial charge in [0.25, 0.3) is 0 Å². The van der Waals surface area contributed by atoms with Crippen LogP contribution >= 0.6 is 11.6 Å². The highest BCUT2D eigenvalue weighted by atomic mass is 35.5. The maximum absolute atomic E-state index is 9.85. The van der Waals surface area contributed by atoms with E-state index in [4.69, 9.17) is 21.1 Å². The summed E-state index contributed by atoms with van der Waals surface area (Å²) in [6.07, 6.45) is -0.604. The van der Waals surface area contributed by atoms with Crippen LogP contribution in [0.2, 0.25) is 5.02 Å². The van der Waals surface area contributed by atoms with Crippen molar-refractivity contribution >= 4 is 11.6 Å². The SMILES string of the molecule is O[C@@H](CNCCOc1ccccc1)COc1ccccc1Cl. The number of nitrogens with one attached hydrogen (secondary N) is 1. The first-order chi connectivity index (χ1) is 10.8. The fourth-order valence-electron chi connectivity index (χ4n) is 1.83. The Morgan fingerprint density at radius 1 is 1.00 bits per heavy atom. The van der Waals surface area contributed by atoms with Gasteiger partial charge in [0, 0.05) is 13.1 Å². The second-order valence-electron chi connectivity index (χ2n) is 4.76. The zero-order chi connectivity index (χ0) is 15.6. The standard InChI is InChI=1S/C17H20ClNO3/c18-16-8-4-5-9-17(16)22-13-14(20)12-19-10-11-21-15-6-2-1-3-7-15/h1-9,14,19-20H,10-13H2/t14-/m0/s1. The van der Waals surface area contributed by atoms with Crippen LogP contribution in [-0.4, -0.2) is 37.5 Å². The van der Waals surface area contributed by atoms with E-state index in [0.717, 1.165) is 5.75 Å². The van der Waals surface area contributed by atoms with Crippen LogP contribution in [-0.2, 0) is 0 Å². The number of para-hydroxylation sites is 2. The molecule has 0 saturated carbocycles. The van der Waals surface area contributed by atoms with Crippen LogP contribution in [0.1, 0.15) is 0 Å². The lowest BCUT2D eigenvalue weighted by Crippen LogP contribution is -2.33. The van der Waals surface area contributed by atoms with Crippen molar-refractivity contribution in [1.29, 1.82) is 0 Å². The van der Waals surface area contributed by atoms with Gasteiger partial charge in [-0.05, 0) is 24.3 Å². The molecule has 118 valence electrons. The van der Waals surface area contributed by atoms with Crippen molar-refractivity contribution in [3.05, 3.63) is 59.6 Å². The van der Waals surface area contributed by atoms with Gasteiger partial charge in [-0.1, -0.05) is 41.9 Å². The normalized spacial score (nSPS) is 11.9. The van der Waals surface area contributed by atoms with Crippen molar-refractivity contribution in [2.75, 3.05) is 26.3 Å². The second kappa shape index (κ2) is 9.30. The molecule has 2 N–H and O–H groups in total. The van der Waals surface area contributed by atoms with Gasteiger partial charge in [0.05, 0.1) is 5.02 Å². The van der Waals surface area contributed by atoms with Crippen molar-refractivity contribution in [3.63, 3.8) is 0 Å². The lowest BCUT2D eigenvalue weighted by Gasteiger charge is -2.14. The molecule has 2 aromatic rings. The number of ether oxygens (including phenoxy) is 2. The van der Waals surface area contributed by atoms with Crippen molar-refractivity contribution < 1.29 is 14.6 Å². The van der Waals surface area contributed by atoms with Gasteiger partial charge in [-0.15, -0.1) is 0 Å². The number of benzene rings is 2. The number of aliphatic hydroxyl groups is 1. The van der Waals surface area contributed by atoms with Crippen LogP contribution in [0, 0.1) is 0 Å². The Labute approximate surface area is 135 Å². The summed E-state index contributed by atoms with van der Waals surface area (Å²) in [5.74, 6) is 1.42. The van der Waals surface area contributed by atoms with E-state index in [9.17, 15) is 5.11 Å². The number of halogens is 1. The van der Waals surface area contributed by atoms with Crippen LogP contribution < -0.4 is 14.8 Å². The van der Waals surface area contributed by atoms with E-state index in [1.54, 1.807) is 12.1 Å². The highest BCUT2D eigenvalue weighted by Gasteiger charge is 2.06. The summed E-state index contributed by atoms with van der Waals surface area (Å²) in [5, 5.41) is 13.5. The lowest BCUT2D eigenvalue weighted by atomic mass is 10.3. The first-order valence-corrected chi connectivity index (χ1v) is 7.57. The molecule has 0 fully saturated rings. The van der Waals surface area contributed by atoms with Crippen LogP contribution in [0.4, 0.5) is 0 Å². The average molecular weight is 322 g/mol. The maximum atomic E-state index is 9.85. The molecule has 0 aliphatic rings. The molecule has 22 heavy (non-hydrogen) atoms. The predicted octanol–water partition coefficient (Wildman–Crippen LogP) is 2.75. The van der Waals surface area contributed by atoms with Gasteiger partial charge in [-0.3, -0.25) is 0 Å². The van der Waals surface area contributed by atoms with Crippen LogP contribution in [0.25, 0.3) is 0 Å². The molecule has 0 saturated heterocycles. The van der Waals surface area contributed by atoms with E-state index < -0.39 is 6.10 Å². The minimum atomic E-state index is -0.604. The molecule has 0 amide bonds. The summed E-state index contributed by atoms with van der Waals surface area (Å²) in [5.41, 5.74) is 0. The molecule has 0 aromatic heterocycles. The monoisotopic (exact) mass is 321 g/mol. The van der Waals surface area contributed by atoms with Crippen molar-refractivity contribution in [1.82, 2.24) is 5.32 Å². The highest BCUT2D eigenvalue weighted by molar-refractivity contribution is 6.32. The fraction of sp³-hybridized carbons (Fsp3) is 0.294. The lowest BCUT2D eigenvalue weighted by molar-refractivity contribution is 0.105. The molecule has 1 atom stereocenters. The summed E-state index contributed by atoms with van der Waals surface area (Å²) in [4.78, 5) is 0. The van der Waals surface area contributed by atoms with Gasteiger partial charge in [-0.25, -0.2) is 0 Å². The maximum Gasteiger partial charge on any atom is 0.138 e. The van der Waals surface area contributed by atoms with E-state index >= 15 is 0 Å². The molecular formula is C17H20ClNO3. The molecular weight excluding hydrogens is 302 g/mol. The Morgan fingerprint density at radius 2 is 1.73 bits per heavy atom. The van der Waals surface area contributed by atoms with E-state index in [-0.39, 0.29) is 6.61 Å². The molecule has 2 aromatic carbocycles. The van der Waals surface area contributed by atoms with Crippen molar-refractivity contribution in [3.8, 4) is 11.5 Å². The molecule has 0 radical (unpaired) electrons. The largest absolute Gasteiger partial charge is 0.492 e. The smallest absolute Gasteiger partial charge is 0.138 e. The van der Waals surface area contributed by atoms with Gasteiger partial charge in [0.15, 0.2) is 0 Å². The number of hydrogen-bond acceptors (Lipinski definition) is 4. The molecule has 0 aliphatic heterocycles. The van der Waals surface area contributed by atoms with Gasteiger partial charge in [-0.2, -0.15) is 0 Å². The van der Waals surface area contributed by atoms with Gasteiger partial charge < -0.3 is 19.9 Å². The molecule has 2 rings (SSSR count). The van der Waals surface area contributed by atoms with Gasteiger partial charge in [0.1, 0.15) is 30.8 Å². The molecule has 0 unspecified atom stereocenters. The molecule has 0 heterocycles. The number of hydrogen-bond donors (Lipinski definition) is 2. The Hall–Kier alpha value is -1.75. The minimum Gasteiger partial charge on any atom is -0.492 e. The van der Waals surface area contributed by atoms with Crippen LogP contribution in [0.15, 0.2) is 54.6 Å².